The third-order valence-electron chi connectivity index (χ3n) is 3.30. The number of carboxylic acid groups (broad SMARTS) is 1. The van der Waals surface area contributed by atoms with E-state index >= 15 is 0 Å². The van der Waals surface area contributed by atoms with E-state index in [4.69, 9.17) is 14.6 Å². The van der Waals surface area contributed by atoms with Crippen molar-refractivity contribution in [2.24, 2.45) is 0 Å². The van der Waals surface area contributed by atoms with Crippen LogP contribution in [0.15, 0.2) is 48.5 Å². The molecule has 0 heterocycles. The zero-order valence-corrected chi connectivity index (χ0v) is 14.0. The fraction of sp³-hybridized carbons (Fsp3) is 0.158. The van der Waals surface area contributed by atoms with Gasteiger partial charge in [0, 0.05) is 11.8 Å². The second kappa shape index (κ2) is 8.54. The SMILES string of the molecule is COc1cc(/C=C/C(=O)O)ccc1OCC(=O)Nc1ccc(C)cc1. The number of carbonyl (C=O) groups excluding carboxylic acids is 1. The number of carboxylic acids is 1. The second-order valence-electron chi connectivity index (χ2n) is 5.28. The number of aliphatic carboxylic acids is 1. The average Bonchev–Trinajstić information content (AvgIpc) is 2.60. The molecule has 6 nitrogen and oxygen atoms in total. The molecule has 0 aliphatic carbocycles. The quantitative estimate of drug-likeness (QED) is 0.756. The molecule has 2 aromatic carbocycles. The number of amides is 1. The van der Waals surface area contributed by atoms with Crippen LogP contribution in [0.5, 0.6) is 11.5 Å². The molecule has 0 saturated heterocycles. The van der Waals surface area contributed by atoms with Gasteiger partial charge in [0.2, 0.25) is 0 Å². The highest BCUT2D eigenvalue weighted by Crippen LogP contribution is 2.28. The summed E-state index contributed by atoms with van der Waals surface area (Å²) in [5.41, 5.74) is 2.45. The molecule has 25 heavy (non-hydrogen) atoms. The molecular formula is C19H19NO5. The van der Waals surface area contributed by atoms with Gasteiger partial charge in [-0.05, 0) is 42.8 Å². The summed E-state index contributed by atoms with van der Waals surface area (Å²) in [4.78, 5) is 22.5. The van der Waals surface area contributed by atoms with E-state index in [1.54, 1.807) is 18.2 Å². The first-order valence-electron chi connectivity index (χ1n) is 7.56. The zero-order valence-electron chi connectivity index (χ0n) is 14.0. The van der Waals surface area contributed by atoms with Crippen molar-refractivity contribution in [3.63, 3.8) is 0 Å². The monoisotopic (exact) mass is 341 g/mol. The molecule has 0 aliphatic heterocycles. The van der Waals surface area contributed by atoms with Gasteiger partial charge in [0.25, 0.3) is 5.91 Å². The van der Waals surface area contributed by atoms with Crippen LogP contribution in [0.1, 0.15) is 11.1 Å². The number of benzene rings is 2. The molecule has 130 valence electrons. The van der Waals surface area contributed by atoms with Crippen molar-refractivity contribution in [3.8, 4) is 11.5 Å². The molecule has 2 aromatic rings. The van der Waals surface area contributed by atoms with Gasteiger partial charge in [-0.3, -0.25) is 4.79 Å². The topological polar surface area (TPSA) is 84.9 Å². The highest BCUT2D eigenvalue weighted by atomic mass is 16.5. The number of anilines is 1. The van der Waals surface area contributed by atoms with Gasteiger partial charge in [-0.25, -0.2) is 4.79 Å². The van der Waals surface area contributed by atoms with Crippen molar-refractivity contribution in [1.82, 2.24) is 0 Å². The number of nitrogens with one attached hydrogen (secondary N) is 1. The number of hydrogen-bond acceptors (Lipinski definition) is 4. The van der Waals surface area contributed by atoms with E-state index in [1.165, 1.54) is 13.2 Å². The Hall–Kier alpha value is -3.28. The first-order valence-corrected chi connectivity index (χ1v) is 7.56. The van der Waals surface area contributed by atoms with E-state index in [0.29, 0.717) is 22.7 Å². The predicted molar refractivity (Wildman–Crippen MR) is 95.0 cm³/mol. The van der Waals surface area contributed by atoms with E-state index in [2.05, 4.69) is 5.32 Å². The van der Waals surface area contributed by atoms with Crippen LogP contribution in [0.3, 0.4) is 0 Å². The van der Waals surface area contributed by atoms with Crippen molar-refractivity contribution >= 4 is 23.6 Å². The van der Waals surface area contributed by atoms with Gasteiger partial charge >= 0.3 is 5.97 Å². The summed E-state index contributed by atoms with van der Waals surface area (Å²) in [6.45, 7) is 1.80. The van der Waals surface area contributed by atoms with Gasteiger partial charge in [0.15, 0.2) is 18.1 Å². The Labute approximate surface area is 145 Å². The van der Waals surface area contributed by atoms with E-state index in [9.17, 15) is 9.59 Å². The lowest BCUT2D eigenvalue weighted by molar-refractivity contribution is -0.131. The number of aryl methyl sites for hydroxylation is 1. The molecule has 0 fully saturated rings. The van der Waals surface area contributed by atoms with Crippen LogP contribution in [0.4, 0.5) is 5.69 Å². The lowest BCUT2D eigenvalue weighted by atomic mass is 10.2. The Morgan fingerprint density at radius 1 is 1.12 bits per heavy atom. The maximum Gasteiger partial charge on any atom is 0.328 e. The second-order valence-corrected chi connectivity index (χ2v) is 5.28. The minimum absolute atomic E-state index is 0.172. The molecule has 0 saturated carbocycles. The Bertz CT molecular complexity index is 781. The maximum atomic E-state index is 12.0. The van der Waals surface area contributed by atoms with E-state index in [0.717, 1.165) is 11.6 Å². The average molecular weight is 341 g/mol. The summed E-state index contributed by atoms with van der Waals surface area (Å²) < 4.78 is 10.7. The number of ether oxygens (including phenoxy) is 2. The summed E-state index contributed by atoms with van der Waals surface area (Å²) in [5, 5.41) is 11.4. The Balaban J connectivity index is 1.98. The number of carbonyl (C=O) groups is 2. The van der Waals surface area contributed by atoms with Crippen molar-refractivity contribution < 1.29 is 24.2 Å². The maximum absolute atomic E-state index is 12.0. The standard InChI is InChI=1S/C19H19NO5/c1-13-3-7-15(8-4-13)20-18(21)12-25-16-9-5-14(6-10-19(22)23)11-17(16)24-2/h3-11H,12H2,1-2H3,(H,20,21)(H,22,23)/b10-6+. The van der Waals surface area contributed by atoms with Crippen LogP contribution in [0, 0.1) is 6.92 Å². The molecule has 0 radical (unpaired) electrons. The van der Waals surface area contributed by atoms with Crippen molar-refractivity contribution in [1.29, 1.82) is 0 Å². The van der Waals surface area contributed by atoms with Gasteiger partial charge < -0.3 is 19.9 Å². The lowest BCUT2D eigenvalue weighted by Gasteiger charge is -2.11. The number of methoxy groups -OCH3 is 1. The van der Waals surface area contributed by atoms with Crippen LogP contribution in [0.2, 0.25) is 0 Å². The summed E-state index contributed by atoms with van der Waals surface area (Å²) in [7, 11) is 1.47. The molecular weight excluding hydrogens is 322 g/mol. The smallest absolute Gasteiger partial charge is 0.328 e. The fourth-order valence-electron chi connectivity index (χ4n) is 2.05. The van der Waals surface area contributed by atoms with Gasteiger partial charge in [0.05, 0.1) is 7.11 Å². The molecule has 6 heteroatoms. The van der Waals surface area contributed by atoms with Crippen molar-refractivity contribution in [3.05, 3.63) is 59.7 Å². The lowest BCUT2D eigenvalue weighted by Crippen LogP contribution is -2.20. The third-order valence-corrected chi connectivity index (χ3v) is 3.30. The first kappa shape index (κ1) is 18.1. The Morgan fingerprint density at radius 2 is 1.84 bits per heavy atom. The Morgan fingerprint density at radius 3 is 2.48 bits per heavy atom. The van der Waals surface area contributed by atoms with E-state index in [1.807, 2.05) is 31.2 Å². The minimum atomic E-state index is -1.04. The molecule has 0 bridgehead atoms. The molecule has 0 spiro atoms. The molecule has 0 unspecified atom stereocenters. The molecule has 2 N–H and O–H groups in total. The van der Waals surface area contributed by atoms with Crippen LogP contribution in [-0.4, -0.2) is 30.7 Å². The third kappa shape index (κ3) is 5.69. The van der Waals surface area contributed by atoms with E-state index < -0.39 is 5.97 Å². The number of hydrogen-bond donors (Lipinski definition) is 2. The van der Waals surface area contributed by atoms with Crippen molar-refractivity contribution in [2.75, 3.05) is 19.0 Å². The van der Waals surface area contributed by atoms with E-state index in [-0.39, 0.29) is 12.5 Å². The Kier molecular flexibility index (Phi) is 6.17. The zero-order chi connectivity index (χ0) is 18.2. The van der Waals surface area contributed by atoms with Gasteiger partial charge in [-0.1, -0.05) is 23.8 Å². The first-order chi connectivity index (χ1) is 12.0. The van der Waals surface area contributed by atoms with Crippen LogP contribution >= 0.6 is 0 Å². The normalized spacial score (nSPS) is 10.5. The largest absolute Gasteiger partial charge is 0.493 e. The summed E-state index contributed by atoms with van der Waals surface area (Å²) in [6.07, 6.45) is 2.48. The minimum Gasteiger partial charge on any atom is -0.493 e. The molecule has 0 aromatic heterocycles. The van der Waals surface area contributed by atoms with Crippen LogP contribution < -0.4 is 14.8 Å². The summed E-state index contributed by atoms with van der Waals surface area (Å²) in [5.74, 6) is -0.516. The van der Waals surface area contributed by atoms with Crippen LogP contribution in [-0.2, 0) is 9.59 Å². The molecule has 1 amide bonds. The molecule has 2 rings (SSSR count). The highest BCUT2D eigenvalue weighted by Gasteiger charge is 2.08. The van der Waals surface area contributed by atoms with Crippen molar-refractivity contribution in [2.45, 2.75) is 6.92 Å². The number of rotatable bonds is 7. The fourth-order valence-corrected chi connectivity index (χ4v) is 2.05. The highest BCUT2D eigenvalue weighted by molar-refractivity contribution is 5.92. The predicted octanol–water partition coefficient (Wildman–Crippen LogP) is 3.12. The van der Waals surface area contributed by atoms with Crippen LogP contribution in [0.25, 0.3) is 6.08 Å². The molecule has 0 atom stereocenters. The van der Waals surface area contributed by atoms with Gasteiger partial charge in [0.1, 0.15) is 0 Å². The van der Waals surface area contributed by atoms with Gasteiger partial charge in [-0.15, -0.1) is 0 Å². The molecule has 0 aliphatic rings. The van der Waals surface area contributed by atoms with Gasteiger partial charge in [-0.2, -0.15) is 0 Å². The summed E-state index contributed by atoms with van der Waals surface area (Å²) in [6, 6.07) is 12.4. The summed E-state index contributed by atoms with van der Waals surface area (Å²) >= 11 is 0.